The first kappa shape index (κ1) is 8.34. The van der Waals surface area contributed by atoms with Crippen molar-refractivity contribution in [2.24, 2.45) is 11.8 Å². The third-order valence-corrected chi connectivity index (χ3v) is 4.06. The van der Waals surface area contributed by atoms with Crippen LogP contribution in [0, 0.1) is 11.8 Å². The summed E-state index contributed by atoms with van der Waals surface area (Å²) in [6.45, 7) is 0. The Bertz CT molecular complexity index is 328. The SMILES string of the molecule is Oc1ccc([C@@H]2C[C@@H]3CC[C@@H]2C3)cc1. The molecule has 2 bridgehead atoms. The lowest BCUT2D eigenvalue weighted by Crippen LogP contribution is -2.07. The molecule has 2 aliphatic carbocycles. The highest BCUT2D eigenvalue weighted by Gasteiger charge is 2.39. The van der Waals surface area contributed by atoms with Crippen molar-refractivity contribution in [3.63, 3.8) is 0 Å². The van der Waals surface area contributed by atoms with Crippen molar-refractivity contribution in [2.45, 2.75) is 31.6 Å². The Kier molecular flexibility index (Phi) is 1.79. The van der Waals surface area contributed by atoms with Crippen LogP contribution in [0.2, 0.25) is 0 Å². The van der Waals surface area contributed by atoms with E-state index in [0.29, 0.717) is 5.75 Å². The summed E-state index contributed by atoms with van der Waals surface area (Å²) in [4.78, 5) is 0. The van der Waals surface area contributed by atoms with Crippen LogP contribution in [0.15, 0.2) is 24.3 Å². The first-order chi connectivity index (χ1) is 6.83. The number of fused-ring (bicyclic) bond motifs is 2. The number of hydrogen-bond acceptors (Lipinski definition) is 1. The van der Waals surface area contributed by atoms with E-state index in [1.54, 1.807) is 0 Å². The zero-order valence-corrected chi connectivity index (χ0v) is 8.32. The third kappa shape index (κ3) is 1.23. The van der Waals surface area contributed by atoms with Gasteiger partial charge in [-0.3, -0.25) is 0 Å². The topological polar surface area (TPSA) is 20.2 Å². The van der Waals surface area contributed by atoms with Crippen molar-refractivity contribution in [3.05, 3.63) is 29.8 Å². The number of rotatable bonds is 1. The minimum Gasteiger partial charge on any atom is -0.508 e. The largest absolute Gasteiger partial charge is 0.508 e. The van der Waals surface area contributed by atoms with Gasteiger partial charge in [0.1, 0.15) is 5.75 Å². The van der Waals surface area contributed by atoms with Crippen molar-refractivity contribution in [3.8, 4) is 5.75 Å². The maximum atomic E-state index is 9.23. The number of phenols is 1. The summed E-state index contributed by atoms with van der Waals surface area (Å²) >= 11 is 0. The summed E-state index contributed by atoms with van der Waals surface area (Å²) in [6.07, 6.45) is 5.72. The van der Waals surface area contributed by atoms with Crippen LogP contribution in [-0.4, -0.2) is 5.11 Å². The minimum absolute atomic E-state index is 0.386. The smallest absolute Gasteiger partial charge is 0.115 e. The lowest BCUT2D eigenvalue weighted by Gasteiger charge is -2.21. The van der Waals surface area contributed by atoms with Crippen molar-refractivity contribution < 1.29 is 5.11 Å². The molecule has 0 unspecified atom stereocenters. The molecule has 3 rings (SSSR count). The molecule has 1 aromatic carbocycles. The van der Waals surface area contributed by atoms with Crippen molar-refractivity contribution in [1.82, 2.24) is 0 Å². The number of aromatic hydroxyl groups is 1. The molecule has 1 N–H and O–H groups in total. The standard InChI is InChI=1S/C13H16O/c14-12-5-3-10(4-6-12)13-8-9-1-2-11(13)7-9/h3-6,9,11,13-14H,1-2,7-8H2/t9-,11-,13+/m1/s1. The van der Waals surface area contributed by atoms with E-state index in [1.165, 1.54) is 31.2 Å². The van der Waals surface area contributed by atoms with Crippen LogP contribution >= 0.6 is 0 Å². The molecule has 0 saturated heterocycles. The van der Waals surface area contributed by atoms with E-state index in [-0.39, 0.29) is 0 Å². The zero-order chi connectivity index (χ0) is 9.54. The molecule has 0 aliphatic heterocycles. The van der Waals surface area contributed by atoms with Gasteiger partial charge in [0.05, 0.1) is 0 Å². The molecule has 0 aromatic heterocycles. The molecule has 1 heteroatoms. The molecular weight excluding hydrogens is 172 g/mol. The van der Waals surface area contributed by atoms with Gasteiger partial charge in [-0.15, -0.1) is 0 Å². The normalized spacial score (nSPS) is 35.0. The fourth-order valence-electron chi connectivity index (χ4n) is 3.37. The first-order valence-corrected chi connectivity index (χ1v) is 5.62. The molecule has 14 heavy (non-hydrogen) atoms. The van der Waals surface area contributed by atoms with Crippen molar-refractivity contribution in [1.29, 1.82) is 0 Å². The minimum atomic E-state index is 0.386. The molecule has 3 atom stereocenters. The Labute approximate surface area is 84.8 Å². The van der Waals surface area contributed by atoms with Crippen LogP contribution in [0.3, 0.4) is 0 Å². The molecule has 1 nitrogen and oxygen atoms in total. The van der Waals surface area contributed by atoms with Crippen LogP contribution < -0.4 is 0 Å². The molecule has 0 amide bonds. The predicted molar refractivity (Wildman–Crippen MR) is 56.3 cm³/mol. The van der Waals surface area contributed by atoms with Crippen LogP contribution in [0.1, 0.15) is 37.2 Å². The Morgan fingerprint density at radius 1 is 1.00 bits per heavy atom. The van der Waals surface area contributed by atoms with Gasteiger partial charge < -0.3 is 5.11 Å². The predicted octanol–water partition coefficient (Wildman–Crippen LogP) is 3.30. The van der Waals surface area contributed by atoms with Gasteiger partial charge in [-0.2, -0.15) is 0 Å². The van der Waals surface area contributed by atoms with Crippen LogP contribution in [0.25, 0.3) is 0 Å². The first-order valence-electron chi connectivity index (χ1n) is 5.62. The summed E-state index contributed by atoms with van der Waals surface area (Å²) in [6, 6.07) is 7.84. The zero-order valence-electron chi connectivity index (χ0n) is 8.32. The fraction of sp³-hybridized carbons (Fsp3) is 0.538. The number of phenolic OH excluding ortho intramolecular Hbond substituents is 1. The fourth-order valence-corrected chi connectivity index (χ4v) is 3.37. The summed E-state index contributed by atoms with van der Waals surface area (Å²) in [5.74, 6) is 3.11. The second-order valence-corrected chi connectivity index (χ2v) is 4.87. The van der Waals surface area contributed by atoms with E-state index in [9.17, 15) is 5.11 Å². The Morgan fingerprint density at radius 2 is 1.79 bits per heavy atom. The van der Waals surface area contributed by atoms with Gasteiger partial charge in [0.25, 0.3) is 0 Å². The van der Waals surface area contributed by atoms with Crippen molar-refractivity contribution in [2.75, 3.05) is 0 Å². The van der Waals surface area contributed by atoms with E-state index in [0.717, 1.165) is 17.8 Å². The molecule has 2 fully saturated rings. The Balaban J connectivity index is 1.86. The summed E-state index contributed by atoms with van der Waals surface area (Å²) in [7, 11) is 0. The van der Waals surface area contributed by atoms with Crippen LogP contribution in [0.5, 0.6) is 5.75 Å². The van der Waals surface area contributed by atoms with Gasteiger partial charge in [-0.05, 0) is 54.7 Å². The van der Waals surface area contributed by atoms with E-state index >= 15 is 0 Å². The Morgan fingerprint density at radius 3 is 2.36 bits per heavy atom. The average molecular weight is 188 g/mol. The quantitative estimate of drug-likeness (QED) is 0.717. The van der Waals surface area contributed by atoms with Gasteiger partial charge in [-0.25, -0.2) is 0 Å². The molecule has 0 heterocycles. The highest BCUT2D eigenvalue weighted by atomic mass is 16.3. The van der Waals surface area contributed by atoms with Gasteiger partial charge in [-0.1, -0.05) is 18.6 Å². The molecule has 2 aliphatic rings. The van der Waals surface area contributed by atoms with E-state index in [2.05, 4.69) is 12.1 Å². The number of hydrogen-bond donors (Lipinski definition) is 1. The van der Waals surface area contributed by atoms with Crippen LogP contribution in [-0.2, 0) is 0 Å². The maximum absolute atomic E-state index is 9.23. The molecule has 1 aromatic rings. The van der Waals surface area contributed by atoms with Gasteiger partial charge in [0.15, 0.2) is 0 Å². The molecule has 0 spiro atoms. The van der Waals surface area contributed by atoms with E-state index < -0.39 is 0 Å². The highest BCUT2D eigenvalue weighted by molar-refractivity contribution is 5.30. The van der Waals surface area contributed by atoms with E-state index in [1.807, 2.05) is 12.1 Å². The highest BCUT2D eigenvalue weighted by Crippen LogP contribution is 2.52. The molecular formula is C13H16O. The van der Waals surface area contributed by atoms with Gasteiger partial charge >= 0.3 is 0 Å². The lowest BCUT2D eigenvalue weighted by molar-refractivity contribution is 0.419. The van der Waals surface area contributed by atoms with Crippen LogP contribution in [0.4, 0.5) is 0 Å². The molecule has 74 valence electrons. The summed E-state index contributed by atoms with van der Waals surface area (Å²) in [5, 5.41) is 9.23. The van der Waals surface area contributed by atoms with Gasteiger partial charge in [0, 0.05) is 0 Å². The second kappa shape index (κ2) is 3.01. The molecule has 0 radical (unpaired) electrons. The monoisotopic (exact) mass is 188 g/mol. The van der Waals surface area contributed by atoms with Gasteiger partial charge in [0.2, 0.25) is 0 Å². The average Bonchev–Trinajstić information content (AvgIpc) is 2.80. The number of benzene rings is 1. The van der Waals surface area contributed by atoms with E-state index in [4.69, 9.17) is 0 Å². The molecule has 2 saturated carbocycles. The maximum Gasteiger partial charge on any atom is 0.115 e. The lowest BCUT2D eigenvalue weighted by atomic mass is 9.83. The summed E-state index contributed by atoms with van der Waals surface area (Å²) < 4.78 is 0. The summed E-state index contributed by atoms with van der Waals surface area (Å²) in [5.41, 5.74) is 1.44. The van der Waals surface area contributed by atoms with Crippen molar-refractivity contribution >= 4 is 0 Å². The second-order valence-electron chi connectivity index (χ2n) is 4.87. The Hall–Kier alpha value is -0.980. The third-order valence-electron chi connectivity index (χ3n) is 4.06.